The van der Waals surface area contributed by atoms with E-state index >= 15 is 0 Å². The second-order valence-corrected chi connectivity index (χ2v) is 5.75. The lowest BCUT2D eigenvalue weighted by atomic mass is 10.1. The molecule has 0 unspecified atom stereocenters. The van der Waals surface area contributed by atoms with Gasteiger partial charge in [-0.3, -0.25) is 4.98 Å². The topological polar surface area (TPSA) is 90.0 Å². The summed E-state index contributed by atoms with van der Waals surface area (Å²) in [7, 11) is 0. The molecule has 0 saturated carbocycles. The fourth-order valence-corrected chi connectivity index (χ4v) is 2.71. The van der Waals surface area contributed by atoms with Gasteiger partial charge in [0.2, 0.25) is 5.95 Å². The number of nitrogen functional groups attached to an aromatic ring is 1. The highest BCUT2D eigenvalue weighted by Gasteiger charge is 2.17. The monoisotopic (exact) mass is 334 g/mol. The smallest absolute Gasteiger partial charge is 0.226 e. The molecule has 3 aromatic heterocycles. The zero-order valence-electron chi connectivity index (χ0n) is 13.7. The Hall–Kier alpha value is -3.06. The third-order valence-electron chi connectivity index (χ3n) is 4.07. The highest BCUT2D eigenvalue weighted by atomic mass is 16.5. The van der Waals surface area contributed by atoms with Gasteiger partial charge in [-0.1, -0.05) is 0 Å². The van der Waals surface area contributed by atoms with Crippen LogP contribution in [0.15, 0.2) is 48.9 Å². The minimum atomic E-state index is 0.487. The number of anilines is 2. The number of hydrogen-bond acceptors (Lipinski definition) is 7. The van der Waals surface area contributed by atoms with Crippen LogP contribution in [0.4, 0.5) is 11.8 Å². The predicted molar refractivity (Wildman–Crippen MR) is 95.9 cm³/mol. The van der Waals surface area contributed by atoms with E-state index in [1.165, 1.54) is 0 Å². The van der Waals surface area contributed by atoms with Crippen molar-refractivity contribution in [3.8, 4) is 22.5 Å². The maximum absolute atomic E-state index is 5.70. The van der Waals surface area contributed by atoms with Crippen LogP contribution in [0.2, 0.25) is 0 Å². The molecule has 1 aliphatic rings. The molecule has 1 fully saturated rings. The van der Waals surface area contributed by atoms with Crippen LogP contribution in [0.25, 0.3) is 22.5 Å². The van der Waals surface area contributed by atoms with Gasteiger partial charge in [-0.15, -0.1) is 0 Å². The second-order valence-electron chi connectivity index (χ2n) is 5.75. The highest BCUT2D eigenvalue weighted by molar-refractivity contribution is 5.69. The average Bonchev–Trinajstić information content (AvgIpc) is 2.69. The maximum atomic E-state index is 5.70. The van der Waals surface area contributed by atoms with Crippen LogP contribution in [0.3, 0.4) is 0 Å². The Morgan fingerprint density at radius 2 is 1.64 bits per heavy atom. The molecular formula is C18H18N6O. The summed E-state index contributed by atoms with van der Waals surface area (Å²) in [6, 6.07) is 9.54. The lowest BCUT2D eigenvalue weighted by Crippen LogP contribution is -2.37. The first kappa shape index (κ1) is 15.5. The van der Waals surface area contributed by atoms with E-state index in [0.717, 1.165) is 35.6 Å². The molecule has 3 aromatic rings. The molecule has 0 spiro atoms. The molecule has 4 heterocycles. The minimum Gasteiger partial charge on any atom is -0.384 e. The maximum Gasteiger partial charge on any atom is 0.226 e. The average molecular weight is 334 g/mol. The highest BCUT2D eigenvalue weighted by Crippen LogP contribution is 2.26. The zero-order chi connectivity index (χ0) is 17.1. The molecule has 1 saturated heterocycles. The Kier molecular flexibility index (Phi) is 4.22. The molecule has 25 heavy (non-hydrogen) atoms. The molecule has 1 aliphatic heterocycles. The van der Waals surface area contributed by atoms with E-state index in [-0.39, 0.29) is 0 Å². The van der Waals surface area contributed by atoms with Gasteiger partial charge in [-0.2, -0.15) is 0 Å². The third-order valence-corrected chi connectivity index (χ3v) is 4.07. The van der Waals surface area contributed by atoms with Crippen LogP contribution in [0.1, 0.15) is 0 Å². The lowest BCUT2D eigenvalue weighted by molar-refractivity contribution is 0.122. The first-order valence-corrected chi connectivity index (χ1v) is 8.14. The van der Waals surface area contributed by atoms with E-state index in [1.807, 2.05) is 24.3 Å². The second kappa shape index (κ2) is 6.82. The van der Waals surface area contributed by atoms with E-state index in [9.17, 15) is 0 Å². The minimum absolute atomic E-state index is 0.487. The van der Waals surface area contributed by atoms with Crippen molar-refractivity contribution in [2.45, 2.75) is 0 Å². The standard InChI is InChI=1S/C18H18N6O/c19-17-2-1-14(12-21-17)16-11-15(13-3-5-20-6-4-13)22-18(23-16)24-7-9-25-10-8-24/h1-6,11-12H,7-10H2,(H2,19,21). The molecular weight excluding hydrogens is 316 g/mol. The summed E-state index contributed by atoms with van der Waals surface area (Å²) in [5, 5.41) is 0. The SMILES string of the molecule is Nc1ccc(-c2cc(-c3ccncc3)nc(N3CCOCC3)n2)cn1. The predicted octanol–water partition coefficient (Wildman–Crippen LogP) is 2.02. The number of nitrogens with two attached hydrogens (primary N) is 1. The molecule has 7 nitrogen and oxygen atoms in total. The molecule has 4 rings (SSSR count). The van der Waals surface area contributed by atoms with Gasteiger partial charge in [0.15, 0.2) is 0 Å². The van der Waals surface area contributed by atoms with Crippen LogP contribution < -0.4 is 10.6 Å². The summed E-state index contributed by atoms with van der Waals surface area (Å²) in [4.78, 5) is 19.9. The number of hydrogen-bond donors (Lipinski definition) is 1. The van der Waals surface area contributed by atoms with Gasteiger partial charge in [0, 0.05) is 42.8 Å². The van der Waals surface area contributed by atoms with E-state index < -0.39 is 0 Å². The van der Waals surface area contributed by atoms with Crippen LogP contribution >= 0.6 is 0 Å². The quantitative estimate of drug-likeness (QED) is 0.783. The summed E-state index contributed by atoms with van der Waals surface area (Å²) >= 11 is 0. The van der Waals surface area contributed by atoms with Crippen molar-refractivity contribution in [2.24, 2.45) is 0 Å². The van der Waals surface area contributed by atoms with Crippen LogP contribution in [0, 0.1) is 0 Å². The van der Waals surface area contributed by atoms with E-state index in [2.05, 4.69) is 14.9 Å². The van der Waals surface area contributed by atoms with Gasteiger partial charge < -0.3 is 15.4 Å². The number of rotatable bonds is 3. The summed E-state index contributed by atoms with van der Waals surface area (Å²) in [6.45, 7) is 2.92. The van der Waals surface area contributed by atoms with Crippen LogP contribution in [-0.2, 0) is 4.74 Å². The Morgan fingerprint density at radius 3 is 2.32 bits per heavy atom. The number of pyridine rings is 2. The zero-order valence-corrected chi connectivity index (χ0v) is 13.7. The Labute approximate surface area is 145 Å². The van der Waals surface area contributed by atoms with Gasteiger partial charge in [0.1, 0.15) is 5.82 Å². The molecule has 7 heteroatoms. The van der Waals surface area contributed by atoms with Crippen molar-refractivity contribution in [2.75, 3.05) is 36.9 Å². The van der Waals surface area contributed by atoms with Crippen molar-refractivity contribution in [3.63, 3.8) is 0 Å². The van der Waals surface area contributed by atoms with Gasteiger partial charge in [0.25, 0.3) is 0 Å². The Morgan fingerprint density at radius 1 is 0.920 bits per heavy atom. The van der Waals surface area contributed by atoms with Crippen molar-refractivity contribution in [1.82, 2.24) is 19.9 Å². The molecule has 0 radical (unpaired) electrons. The normalized spacial score (nSPS) is 14.5. The van der Waals surface area contributed by atoms with Crippen molar-refractivity contribution in [3.05, 3.63) is 48.9 Å². The van der Waals surface area contributed by atoms with E-state index in [4.69, 9.17) is 20.4 Å². The molecule has 0 aromatic carbocycles. The first-order chi connectivity index (χ1) is 12.3. The molecule has 126 valence electrons. The molecule has 0 aliphatic carbocycles. The summed E-state index contributed by atoms with van der Waals surface area (Å²) in [5.41, 5.74) is 9.27. The van der Waals surface area contributed by atoms with Gasteiger partial charge in [-0.25, -0.2) is 15.0 Å². The number of nitrogens with zero attached hydrogens (tertiary/aromatic N) is 5. The van der Waals surface area contributed by atoms with Gasteiger partial charge in [-0.05, 0) is 30.3 Å². The number of morpholine rings is 1. The van der Waals surface area contributed by atoms with E-state index in [1.54, 1.807) is 24.7 Å². The molecule has 0 bridgehead atoms. The Balaban J connectivity index is 1.81. The number of aromatic nitrogens is 4. The summed E-state index contributed by atoms with van der Waals surface area (Å²) in [6.07, 6.45) is 5.25. The van der Waals surface area contributed by atoms with Crippen LogP contribution in [-0.4, -0.2) is 46.2 Å². The molecule has 0 atom stereocenters. The largest absolute Gasteiger partial charge is 0.384 e. The summed E-state index contributed by atoms with van der Waals surface area (Å²) in [5.74, 6) is 1.19. The lowest BCUT2D eigenvalue weighted by Gasteiger charge is -2.27. The first-order valence-electron chi connectivity index (χ1n) is 8.14. The van der Waals surface area contributed by atoms with E-state index in [0.29, 0.717) is 25.0 Å². The summed E-state index contributed by atoms with van der Waals surface area (Å²) < 4.78 is 5.43. The van der Waals surface area contributed by atoms with Crippen molar-refractivity contribution < 1.29 is 4.74 Å². The molecule has 2 N–H and O–H groups in total. The Bertz CT molecular complexity index is 847. The third kappa shape index (κ3) is 3.41. The van der Waals surface area contributed by atoms with Gasteiger partial charge >= 0.3 is 0 Å². The number of ether oxygens (including phenoxy) is 1. The fraction of sp³-hybridized carbons (Fsp3) is 0.222. The van der Waals surface area contributed by atoms with Crippen molar-refractivity contribution in [1.29, 1.82) is 0 Å². The van der Waals surface area contributed by atoms with Crippen LogP contribution in [0.5, 0.6) is 0 Å². The molecule has 0 amide bonds. The van der Waals surface area contributed by atoms with Crippen molar-refractivity contribution >= 4 is 11.8 Å². The fourth-order valence-electron chi connectivity index (χ4n) is 2.71. The van der Waals surface area contributed by atoms with Gasteiger partial charge in [0.05, 0.1) is 24.6 Å².